The summed E-state index contributed by atoms with van der Waals surface area (Å²) in [5, 5.41) is 10.9. The number of carbonyl (C=O) groups is 2. The number of ether oxygens (including phenoxy) is 1. The lowest BCUT2D eigenvalue weighted by Gasteiger charge is -2.05. The van der Waals surface area contributed by atoms with E-state index < -0.39 is 17.9 Å². The molecule has 0 saturated heterocycles. The van der Waals surface area contributed by atoms with E-state index in [1.807, 2.05) is 24.4 Å². The summed E-state index contributed by atoms with van der Waals surface area (Å²) in [6.07, 6.45) is 0.320. The fourth-order valence-electron chi connectivity index (χ4n) is 1.30. The molecule has 1 atom stereocenters. The van der Waals surface area contributed by atoms with E-state index in [9.17, 15) is 9.59 Å². The van der Waals surface area contributed by atoms with Crippen LogP contribution in [0.25, 0.3) is 0 Å². The number of carbonyl (C=O) groups excluding carboxylic acids is 2. The number of aliphatic imine (C=N–C) groups is 1. The summed E-state index contributed by atoms with van der Waals surface area (Å²) in [6, 6.07) is 9.03. The summed E-state index contributed by atoms with van der Waals surface area (Å²) < 4.78 is 4.56. The van der Waals surface area contributed by atoms with Crippen LogP contribution in [0.15, 0.2) is 29.3 Å². The molecule has 1 rings (SSSR count). The van der Waals surface area contributed by atoms with Gasteiger partial charge >= 0.3 is 6.09 Å². The third-order valence-corrected chi connectivity index (χ3v) is 2.33. The van der Waals surface area contributed by atoms with E-state index in [2.05, 4.69) is 9.73 Å². The van der Waals surface area contributed by atoms with Gasteiger partial charge in [0.2, 0.25) is 0 Å². The summed E-state index contributed by atoms with van der Waals surface area (Å²) in [5.41, 5.74) is 1.71. The van der Waals surface area contributed by atoms with E-state index in [0.29, 0.717) is 5.69 Å². The normalized spacial score (nSPS) is 11.7. The maximum absolute atomic E-state index is 11.6. The molecule has 1 unspecified atom stereocenters. The van der Waals surface area contributed by atoms with Gasteiger partial charge in [0.15, 0.2) is 5.92 Å². The van der Waals surface area contributed by atoms with Crippen LogP contribution in [0.3, 0.4) is 0 Å². The summed E-state index contributed by atoms with van der Waals surface area (Å²) in [6.45, 7) is 3.71. The van der Waals surface area contributed by atoms with Crippen LogP contribution in [0.2, 0.25) is 0 Å². The molecule has 0 fully saturated rings. The third kappa shape index (κ3) is 4.90. The minimum absolute atomic E-state index is 0.147. The summed E-state index contributed by atoms with van der Waals surface area (Å²) in [5.74, 6) is -1.91. The highest BCUT2D eigenvalue weighted by Crippen LogP contribution is 2.12. The Morgan fingerprint density at radius 1 is 1.45 bits per heavy atom. The SMILES string of the molecule is CCOC(=O)NC(=O)C(C#N)C=Nc1ccc(C)cc1. The Morgan fingerprint density at radius 3 is 2.65 bits per heavy atom. The van der Waals surface area contributed by atoms with Crippen molar-refractivity contribution in [1.82, 2.24) is 5.32 Å². The molecule has 0 aliphatic carbocycles. The predicted octanol–water partition coefficient (Wildman–Crippen LogP) is 2.11. The van der Waals surface area contributed by atoms with Crippen molar-refractivity contribution in [2.45, 2.75) is 13.8 Å². The number of amides is 2. The lowest BCUT2D eigenvalue weighted by Crippen LogP contribution is -2.36. The fourth-order valence-corrected chi connectivity index (χ4v) is 1.30. The molecule has 1 aromatic carbocycles. The van der Waals surface area contributed by atoms with E-state index in [0.717, 1.165) is 5.56 Å². The van der Waals surface area contributed by atoms with Gasteiger partial charge in [-0.3, -0.25) is 15.1 Å². The second-order valence-corrected chi connectivity index (χ2v) is 3.93. The van der Waals surface area contributed by atoms with Gasteiger partial charge in [0.25, 0.3) is 5.91 Å². The van der Waals surface area contributed by atoms with Crippen LogP contribution in [0.5, 0.6) is 0 Å². The first-order chi connectivity index (χ1) is 9.56. The molecule has 0 saturated carbocycles. The maximum Gasteiger partial charge on any atom is 0.413 e. The quantitative estimate of drug-likeness (QED) is 0.850. The summed E-state index contributed by atoms with van der Waals surface area (Å²) >= 11 is 0. The van der Waals surface area contributed by atoms with Gasteiger partial charge < -0.3 is 4.74 Å². The number of nitrogens with zero attached hydrogens (tertiary/aromatic N) is 2. The molecule has 0 aliphatic heterocycles. The zero-order valence-corrected chi connectivity index (χ0v) is 11.3. The Morgan fingerprint density at radius 2 is 2.10 bits per heavy atom. The number of aryl methyl sites for hydroxylation is 1. The van der Waals surface area contributed by atoms with Crippen molar-refractivity contribution in [3.63, 3.8) is 0 Å². The van der Waals surface area contributed by atoms with Crippen LogP contribution in [0.4, 0.5) is 10.5 Å². The monoisotopic (exact) mass is 273 g/mol. The Labute approximate surface area is 117 Å². The molecule has 6 heteroatoms. The zero-order valence-electron chi connectivity index (χ0n) is 11.3. The first-order valence-electron chi connectivity index (χ1n) is 6.05. The second-order valence-electron chi connectivity index (χ2n) is 3.93. The largest absolute Gasteiger partial charge is 0.450 e. The molecule has 1 N–H and O–H groups in total. The Kier molecular flexibility index (Phi) is 5.91. The number of alkyl carbamates (subject to hydrolysis) is 1. The average molecular weight is 273 g/mol. The van der Waals surface area contributed by atoms with Gasteiger partial charge in [-0.25, -0.2) is 4.79 Å². The smallest absolute Gasteiger partial charge is 0.413 e. The minimum atomic E-state index is -1.15. The topological polar surface area (TPSA) is 91.5 Å². The van der Waals surface area contributed by atoms with Gasteiger partial charge in [-0.15, -0.1) is 0 Å². The standard InChI is InChI=1S/C14H15N3O3/c1-3-20-14(19)17-13(18)11(8-15)9-16-12-6-4-10(2)5-7-12/h4-7,9,11H,3H2,1-2H3,(H,17,18,19). The van der Waals surface area contributed by atoms with Crippen molar-refractivity contribution in [1.29, 1.82) is 5.26 Å². The Hall–Kier alpha value is -2.68. The first-order valence-corrected chi connectivity index (χ1v) is 6.05. The third-order valence-electron chi connectivity index (χ3n) is 2.33. The molecule has 0 radical (unpaired) electrons. The van der Waals surface area contributed by atoms with Gasteiger partial charge in [0.05, 0.1) is 18.4 Å². The second kappa shape index (κ2) is 7.69. The number of benzene rings is 1. The fraction of sp³-hybridized carbons (Fsp3) is 0.286. The molecular formula is C14H15N3O3. The van der Waals surface area contributed by atoms with Crippen LogP contribution in [0, 0.1) is 24.2 Å². The summed E-state index contributed by atoms with van der Waals surface area (Å²) in [7, 11) is 0. The number of hydrogen-bond acceptors (Lipinski definition) is 5. The number of imide groups is 1. The van der Waals surface area contributed by atoms with E-state index in [4.69, 9.17) is 5.26 Å². The molecule has 2 amide bonds. The average Bonchev–Trinajstić information content (AvgIpc) is 2.41. The van der Waals surface area contributed by atoms with Crippen molar-refractivity contribution >= 4 is 23.9 Å². The lowest BCUT2D eigenvalue weighted by atomic mass is 10.2. The molecule has 104 valence electrons. The van der Waals surface area contributed by atoms with Crippen LogP contribution >= 0.6 is 0 Å². The highest BCUT2D eigenvalue weighted by Gasteiger charge is 2.18. The van der Waals surface area contributed by atoms with E-state index in [-0.39, 0.29) is 6.61 Å². The number of hydrogen-bond donors (Lipinski definition) is 1. The van der Waals surface area contributed by atoms with Gasteiger partial charge in [0.1, 0.15) is 0 Å². The van der Waals surface area contributed by atoms with Crippen LogP contribution in [-0.4, -0.2) is 24.8 Å². The zero-order chi connectivity index (χ0) is 15.0. The highest BCUT2D eigenvalue weighted by atomic mass is 16.5. The predicted molar refractivity (Wildman–Crippen MR) is 73.6 cm³/mol. The van der Waals surface area contributed by atoms with Crippen LogP contribution < -0.4 is 5.32 Å². The van der Waals surface area contributed by atoms with Crippen LogP contribution in [-0.2, 0) is 9.53 Å². The van der Waals surface area contributed by atoms with E-state index in [1.165, 1.54) is 6.21 Å². The molecule has 0 spiro atoms. The Balaban J connectivity index is 2.67. The van der Waals surface area contributed by atoms with Gasteiger partial charge in [0, 0.05) is 6.21 Å². The maximum atomic E-state index is 11.6. The van der Waals surface area contributed by atoms with Crippen molar-refractivity contribution in [2.24, 2.45) is 10.9 Å². The van der Waals surface area contributed by atoms with E-state index >= 15 is 0 Å². The number of nitriles is 1. The number of rotatable bonds is 4. The Bertz CT molecular complexity index is 544. The molecule has 1 aromatic rings. The van der Waals surface area contributed by atoms with Crippen molar-refractivity contribution < 1.29 is 14.3 Å². The molecule has 20 heavy (non-hydrogen) atoms. The lowest BCUT2D eigenvalue weighted by molar-refractivity contribution is -0.121. The van der Waals surface area contributed by atoms with Gasteiger partial charge in [-0.2, -0.15) is 5.26 Å². The van der Waals surface area contributed by atoms with Gasteiger partial charge in [-0.05, 0) is 26.0 Å². The van der Waals surface area contributed by atoms with Crippen molar-refractivity contribution in [2.75, 3.05) is 6.61 Å². The summed E-state index contributed by atoms with van der Waals surface area (Å²) in [4.78, 5) is 26.7. The van der Waals surface area contributed by atoms with Crippen molar-refractivity contribution in [3.05, 3.63) is 29.8 Å². The van der Waals surface area contributed by atoms with Crippen LogP contribution in [0.1, 0.15) is 12.5 Å². The molecule has 0 aromatic heterocycles. The number of nitrogens with one attached hydrogen (secondary N) is 1. The first kappa shape index (κ1) is 15.4. The van der Waals surface area contributed by atoms with E-state index in [1.54, 1.807) is 25.1 Å². The molecule has 0 aliphatic rings. The molecule has 0 bridgehead atoms. The minimum Gasteiger partial charge on any atom is -0.450 e. The molecule has 6 nitrogen and oxygen atoms in total. The van der Waals surface area contributed by atoms with Crippen molar-refractivity contribution in [3.8, 4) is 6.07 Å². The highest BCUT2D eigenvalue weighted by molar-refractivity contribution is 6.03. The molecular weight excluding hydrogens is 258 g/mol. The van der Waals surface area contributed by atoms with Gasteiger partial charge in [-0.1, -0.05) is 17.7 Å². The molecule has 0 heterocycles.